The minimum atomic E-state index is -4.34. The van der Waals surface area contributed by atoms with Crippen LogP contribution in [0.25, 0.3) is 0 Å². The molecule has 0 bridgehead atoms. The highest BCUT2D eigenvalue weighted by atomic mass is 19.4. The molecule has 3 rings (SSSR count). The second kappa shape index (κ2) is 6.33. The summed E-state index contributed by atoms with van der Waals surface area (Å²) in [4.78, 5) is 15.3. The number of likely N-dealkylation sites (tertiary alicyclic amines) is 2. The molecule has 5 nitrogen and oxygen atoms in total. The smallest absolute Gasteiger partial charge is 0.349 e. The molecule has 126 valence electrons. The fourth-order valence-corrected chi connectivity index (χ4v) is 3.66. The molecule has 0 radical (unpaired) electrons. The third kappa shape index (κ3) is 3.38. The number of carbonyl (C=O) groups excluding carboxylic acids is 1. The Hall–Kier alpha value is -0.860. The number of piperidine rings is 1. The molecule has 2 atom stereocenters. The lowest BCUT2D eigenvalue weighted by Gasteiger charge is -2.40. The van der Waals surface area contributed by atoms with E-state index in [2.05, 4.69) is 0 Å². The van der Waals surface area contributed by atoms with Crippen LogP contribution >= 0.6 is 0 Å². The molecule has 0 aromatic rings. The molecule has 0 aromatic heterocycles. The van der Waals surface area contributed by atoms with Crippen molar-refractivity contribution in [2.75, 3.05) is 32.8 Å². The van der Waals surface area contributed by atoms with E-state index >= 15 is 0 Å². The van der Waals surface area contributed by atoms with Gasteiger partial charge in [0, 0.05) is 6.54 Å². The van der Waals surface area contributed by atoms with Gasteiger partial charge in [0.2, 0.25) is 5.91 Å². The normalized spacial score (nSPS) is 32.1. The van der Waals surface area contributed by atoms with Crippen molar-refractivity contribution in [3.05, 3.63) is 0 Å². The number of hydrogen-bond acceptors (Lipinski definition) is 4. The Bertz CT molecular complexity index is 413. The van der Waals surface area contributed by atoms with Crippen molar-refractivity contribution in [1.82, 2.24) is 9.80 Å². The topological polar surface area (TPSA) is 42.0 Å². The fraction of sp³-hybridized carbons (Fsp3) is 0.929. The van der Waals surface area contributed by atoms with Gasteiger partial charge >= 0.3 is 6.18 Å². The standard InChI is InChI=1S/C14H21F3N2O3/c15-14(16,17)9-18-6-4-10(12(18)20)19-5-2-1-3-11(19)13-21-7-8-22-13/h10-11,13H,1-9H2. The Kier molecular flexibility index (Phi) is 4.61. The number of alkyl halides is 3. The summed E-state index contributed by atoms with van der Waals surface area (Å²) in [5.41, 5.74) is 0. The van der Waals surface area contributed by atoms with Gasteiger partial charge in [0.15, 0.2) is 6.29 Å². The van der Waals surface area contributed by atoms with Gasteiger partial charge in [-0.25, -0.2) is 0 Å². The van der Waals surface area contributed by atoms with Gasteiger partial charge in [-0.3, -0.25) is 9.69 Å². The molecule has 3 saturated heterocycles. The first-order valence-electron chi connectivity index (χ1n) is 7.80. The van der Waals surface area contributed by atoms with E-state index in [1.807, 2.05) is 4.90 Å². The van der Waals surface area contributed by atoms with Crippen molar-refractivity contribution in [3.8, 4) is 0 Å². The van der Waals surface area contributed by atoms with Crippen molar-refractivity contribution in [1.29, 1.82) is 0 Å². The molecule has 0 spiro atoms. The molecule has 0 saturated carbocycles. The van der Waals surface area contributed by atoms with E-state index in [0.717, 1.165) is 24.2 Å². The zero-order chi connectivity index (χ0) is 15.7. The van der Waals surface area contributed by atoms with Crippen LogP contribution in [0.3, 0.4) is 0 Å². The summed E-state index contributed by atoms with van der Waals surface area (Å²) in [6.07, 6.45) is -1.43. The van der Waals surface area contributed by atoms with Gasteiger partial charge in [-0.05, 0) is 25.8 Å². The summed E-state index contributed by atoms with van der Waals surface area (Å²) in [6.45, 7) is 0.793. The van der Waals surface area contributed by atoms with Crippen LogP contribution in [0.1, 0.15) is 25.7 Å². The number of ether oxygens (including phenoxy) is 2. The predicted octanol–water partition coefficient (Wildman–Crippen LogP) is 1.38. The number of amides is 1. The van der Waals surface area contributed by atoms with Gasteiger partial charge in [0.25, 0.3) is 0 Å². The second-order valence-corrected chi connectivity index (χ2v) is 6.09. The zero-order valence-electron chi connectivity index (χ0n) is 12.3. The van der Waals surface area contributed by atoms with Crippen molar-refractivity contribution >= 4 is 5.91 Å². The summed E-state index contributed by atoms with van der Waals surface area (Å²) in [6, 6.07) is -0.503. The van der Waals surface area contributed by atoms with Crippen molar-refractivity contribution in [3.63, 3.8) is 0 Å². The Balaban J connectivity index is 1.67. The van der Waals surface area contributed by atoms with Crippen LogP contribution in [0.2, 0.25) is 0 Å². The van der Waals surface area contributed by atoms with Gasteiger partial charge in [-0.15, -0.1) is 0 Å². The maximum absolute atomic E-state index is 12.5. The largest absolute Gasteiger partial charge is 0.406 e. The molecule has 3 aliphatic heterocycles. The Labute approximate surface area is 127 Å². The number of halogens is 3. The summed E-state index contributed by atoms with van der Waals surface area (Å²) in [5, 5.41) is 0. The first-order chi connectivity index (χ1) is 10.5. The summed E-state index contributed by atoms with van der Waals surface area (Å²) < 4.78 is 48.7. The number of rotatable bonds is 3. The van der Waals surface area contributed by atoms with E-state index in [0.29, 0.717) is 26.2 Å². The molecule has 1 amide bonds. The number of hydrogen-bond donors (Lipinski definition) is 0. The van der Waals surface area contributed by atoms with Crippen molar-refractivity contribution < 1.29 is 27.4 Å². The second-order valence-electron chi connectivity index (χ2n) is 6.09. The first kappa shape index (κ1) is 16.0. The van der Waals surface area contributed by atoms with Gasteiger partial charge in [-0.2, -0.15) is 13.2 Å². The molecule has 3 fully saturated rings. The number of nitrogens with zero attached hydrogens (tertiary/aromatic N) is 2. The molecule has 0 N–H and O–H groups in total. The monoisotopic (exact) mass is 322 g/mol. The highest BCUT2D eigenvalue weighted by Gasteiger charge is 2.45. The molecular weight excluding hydrogens is 301 g/mol. The van der Waals surface area contributed by atoms with E-state index in [-0.39, 0.29) is 18.9 Å². The van der Waals surface area contributed by atoms with Crippen LogP contribution < -0.4 is 0 Å². The third-order valence-corrected chi connectivity index (χ3v) is 4.59. The van der Waals surface area contributed by atoms with E-state index in [1.54, 1.807) is 0 Å². The Morgan fingerprint density at radius 2 is 1.82 bits per heavy atom. The van der Waals surface area contributed by atoms with Crippen LogP contribution in [0.4, 0.5) is 13.2 Å². The molecule has 2 unspecified atom stereocenters. The SMILES string of the molecule is O=C1C(N2CCCCC2C2OCCO2)CCN1CC(F)(F)F. The van der Waals surface area contributed by atoms with Crippen LogP contribution in [0.5, 0.6) is 0 Å². The Morgan fingerprint density at radius 3 is 2.50 bits per heavy atom. The average molecular weight is 322 g/mol. The van der Waals surface area contributed by atoms with Crippen molar-refractivity contribution in [2.24, 2.45) is 0 Å². The lowest BCUT2D eigenvalue weighted by atomic mass is 9.98. The zero-order valence-corrected chi connectivity index (χ0v) is 12.3. The van der Waals surface area contributed by atoms with Crippen LogP contribution in [-0.4, -0.2) is 73.1 Å². The lowest BCUT2D eigenvalue weighted by molar-refractivity contribution is -0.162. The fourth-order valence-electron chi connectivity index (χ4n) is 3.66. The lowest BCUT2D eigenvalue weighted by Crippen LogP contribution is -2.54. The van der Waals surface area contributed by atoms with E-state index in [9.17, 15) is 18.0 Å². The number of carbonyl (C=O) groups is 1. The van der Waals surface area contributed by atoms with Gasteiger partial charge in [0.1, 0.15) is 6.54 Å². The third-order valence-electron chi connectivity index (χ3n) is 4.59. The van der Waals surface area contributed by atoms with Crippen LogP contribution in [-0.2, 0) is 14.3 Å². The minimum Gasteiger partial charge on any atom is -0.349 e. The maximum Gasteiger partial charge on any atom is 0.406 e. The first-order valence-corrected chi connectivity index (χ1v) is 7.80. The summed E-state index contributed by atoms with van der Waals surface area (Å²) >= 11 is 0. The predicted molar refractivity (Wildman–Crippen MR) is 71.1 cm³/mol. The Morgan fingerprint density at radius 1 is 1.09 bits per heavy atom. The minimum absolute atomic E-state index is 0.0314. The van der Waals surface area contributed by atoms with E-state index in [4.69, 9.17) is 9.47 Å². The molecule has 3 aliphatic rings. The van der Waals surface area contributed by atoms with Gasteiger partial charge in [0.05, 0.1) is 25.3 Å². The quantitative estimate of drug-likeness (QED) is 0.787. The van der Waals surface area contributed by atoms with Crippen LogP contribution in [0, 0.1) is 0 Å². The molecule has 3 heterocycles. The molecule has 0 aliphatic carbocycles. The maximum atomic E-state index is 12.5. The van der Waals surface area contributed by atoms with E-state index in [1.165, 1.54) is 0 Å². The van der Waals surface area contributed by atoms with Gasteiger partial charge in [-0.1, -0.05) is 6.42 Å². The summed E-state index contributed by atoms with van der Waals surface area (Å²) in [7, 11) is 0. The van der Waals surface area contributed by atoms with Crippen molar-refractivity contribution in [2.45, 2.75) is 50.2 Å². The molecule has 22 heavy (non-hydrogen) atoms. The molecule has 0 aromatic carbocycles. The van der Waals surface area contributed by atoms with E-state index < -0.39 is 24.7 Å². The highest BCUT2D eigenvalue weighted by molar-refractivity contribution is 5.84. The van der Waals surface area contributed by atoms with Gasteiger partial charge < -0.3 is 14.4 Å². The van der Waals surface area contributed by atoms with Crippen LogP contribution in [0.15, 0.2) is 0 Å². The molecule has 8 heteroatoms. The molecular formula is C14H21F3N2O3. The highest BCUT2D eigenvalue weighted by Crippen LogP contribution is 2.31. The summed E-state index contributed by atoms with van der Waals surface area (Å²) in [5.74, 6) is -0.415. The average Bonchev–Trinajstić information content (AvgIpc) is 3.09.